The molecule has 2 amide bonds. The molecule has 6 nitrogen and oxygen atoms in total. The van der Waals surface area contributed by atoms with E-state index < -0.39 is 0 Å². The summed E-state index contributed by atoms with van der Waals surface area (Å²) >= 11 is 0. The van der Waals surface area contributed by atoms with Crippen molar-refractivity contribution in [1.82, 2.24) is 14.8 Å². The summed E-state index contributed by atoms with van der Waals surface area (Å²) in [4.78, 5) is 32.9. The second-order valence-corrected chi connectivity index (χ2v) is 6.46. The van der Waals surface area contributed by atoms with E-state index in [1.807, 2.05) is 26.0 Å². The van der Waals surface area contributed by atoms with Crippen molar-refractivity contribution in [2.75, 3.05) is 33.3 Å². The molecular formula is C20H23N3O3. The molecule has 0 bridgehead atoms. The number of hydrogen-bond donors (Lipinski definition) is 0. The molecule has 1 aromatic carbocycles. The first-order valence-electron chi connectivity index (χ1n) is 8.65. The van der Waals surface area contributed by atoms with Crippen LogP contribution in [0.15, 0.2) is 36.7 Å². The van der Waals surface area contributed by atoms with Crippen molar-refractivity contribution in [2.45, 2.75) is 13.8 Å². The van der Waals surface area contributed by atoms with Crippen molar-refractivity contribution >= 4 is 11.8 Å². The molecule has 1 fully saturated rings. The van der Waals surface area contributed by atoms with Gasteiger partial charge >= 0.3 is 0 Å². The molecule has 0 N–H and O–H groups in total. The molecule has 0 spiro atoms. The number of pyridine rings is 1. The average molecular weight is 353 g/mol. The predicted molar refractivity (Wildman–Crippen MR) is 98.5 cm³/mol. The van der Waals surface area contributed by atoms with Gasteiger partial charge in [-0.25, -0.2) is 0 Å². The van der Waals surface area contributed by atoms with Gasteiger partial charge in [-0.05, 0) is 49.2 Å². The van der Waals surface area contributed by atoms with Gasteiger partial charge in [0, 0.05) is 44.1 Å². The van der Waals surface area contributed by atoms with Gasteiger partial charge < -0.3 is 14.5 Å². The Kier molecular flexibility index (Phi) is 5.21. The number of benzene rings is 1. The van der Waals surface area contributed by atoms with Crippen molar-refractivity contribution in [3.05, 3.63) is 58.9 Å². The summed E-state index contributed by atoms with van der Waals surface area (Å²) in [6, 6.07) is 7.28. The SMILES string of the molecule is COc1cc(C)c(C(=O)N2CCN(C(=O)c3cccnc3)CC2)cc1C. The van der Waals surface area contributed by atoms with Crippen LogP contribution in [0, 0.1) is 13.8 Å². The van der Waals surface area contributed by atoms with Gasteiger partial charge in [0.25, 0.3) is 11.8 Å². The van der Waals surface area contributed by atoms with E-state index in [0.717, 1.165) is 16.9 Å². The third kappa shape index (κ3) is 3.54. The molecular weight excluding hydrogens is 330 g/mol. The van der Waals surface area contributed by atoms with Crippen LogP contribution in [0.2, 0.25) is 0 Å². The van der Waals surface area contributed by atoms with E-state index in [-0.39, 0.29) is 11.8 Å². The number of amides is 2. The second kappa shape index (κ2) is 7.56. The maximum atomic E-state index is 12.9. The second-order valence-electron chi connectivity index (χ2n) is 6.46. The third-order valence-corrected chi connectivity index (χ3v) is 4.73. The average Bonchev–Trinajstić information content (AvgIpc) is 2.69. The molecule has 6 heteroatoms. The fourth-order valence-electron chi connectivity index (χ4n) is 3.19. The van der Waals surface area contributed by atoms with Crippen LogP contribution >= 0.6 is 0 Å². The summed E-state index contributed by atoms with van der Waals surface area (Å²) in [5.74, 6) is 0.745. The third-order valence-electron chi connectivity index (χ3n) is 4.73. The Morgan fingerprint density at radius 1 is 1.00 bits per heavy atom. The summed E-state index contributed by atoms with van der Waals surface area (Å²) < 4.78 is 5.31. The lowest BCUT2D eigenvalue weighted by atomic mass is 10.0. The Morgan fingerprint density at radius 2 is 1.65 bits per heavy atom. The Hall–Kier alpha value is -2.89. The van der Waals surface area contributed by atoms with Gasteiger partial charge in [0.05, 0.1) is 12.7 Å². The van der Waals surface area contributed by atoms with Crippen molar-refractivity contribution in [2.24, 2.45) is 0 Å². The van der Waals surface area contributed by atoms with Gasteiger partial charge in [0.2, 0.25) is 0 Å². The largest absolute Gasteiger partial charge is 0.496 e. The molecule has 1 saturated heterocycles. The van der Waals surface area contributed by atoms with E-state index in [4.69, 9.17) is 4.74 Å². The van der Waals surface area contributed by atoms with Crippen molar-refractivity contribution in [3.8, 4) is 5.75 Å². The topological polar surface area (TPSA) is 62.7 Å². The molecule has 1 aliphatic heterocycles. The van der Waals surface area contributed by atoms with Crippen molar-refractivity contribution < 1.29 is 14.3 Å². The molecule has 0 aliphatic carbocycles. The molecule has 0 atom stereocenters. The molecule has 1 aromatic heterocycles. The van der Waals surface area contributed by atoms with Crippen LogP contribution in [0.25, 0.3) is 0 Å². The number of methoxy groups -OCH3 is 1. The lowest BCUT2D eigenvalue weighted by molar-refractivity contribution is 0.0534. The van der Waals surface area contributed by atoms with E-state index in [1.54, 1.807) is 41.4 Å². The van der Waals surface area contributed by atoms with E-state index >= 15 is 0 Å². The number of hydrogen-bond acceptors (Lipinski definition) is 4. The zero-order valence-corrected chi connectivity index (χ0v) is 15.4. The normalized spacial score (nSPS) is 14.3. The molecule has 2 heterocycles. The maximum Gasteiger partial charge on any atom is 0.255 e. The first-order chi connectivity index (χ1) is 12.5. The summed E-state index contributed by atoms with van der Waals surface area (Å²) in [5.41, 5.74) is 3.10. The molecule has 136 valence electrons. The van der Waals surface area contributed by atoms with Gasteiger partial charge in [-0.1, -0.05) is 0 Å². The highest BCUT2D eigenvalue weighted by molar-refractivity contribution is 5.97. The molecule has 0 unspecified atom stereocenters. The minimum atomic E-state index is -0.0401. The highest BCUT2D eigenvalue weighted by atomic mass is 16.5. The molecule has 1 aliphatic rings. The highest BCUT2D eigenvalue weighted by Crippen LogP contribution is 2.24. The Labute approximate surface area is 153 Å². The number of piperazine rings is 1. The van der Waals surface area contributed by atoms with Crippen LogP contribution in [0.1, 0.15) is 31.8 Å². The van der Waals surface area contributed by atoms with Crippen LogP contribution < -0.4 is 4.74 Å². The van der Waals surface area contributed by atoms with Gasteiger partial charge in [0.15, 0.2) is 0 Å². The van der Waals surface area contributed by atoms with Crippen LogP contribution in [0.3, 0.4) is 0 Å². The molecule has 26 heavy (non-hydrogen) atoms. The summed E-state index contributed by atoms with van der Waals surface area (Å²) in [6.45, 7) is 5.93. The molecule has 2 aromatic rings. The zero-order valence-electron chi connectivity index (χ0n) is 15.4. The minimum absolute atomic E-state index is 0.00160. The Morgan fingerprint density at radius 3 is 2.23 bits per heavy atom. The first kappa shape index (κ1) is 17.9. The zero-order chi connectivity index (χ0) is 18.7. The van der Waals surface area contributed by atoms with Crippen molar-refractivity contribution in [3.63, 3.8) is 0 Å². The number of rotatable bonds is 3. The molecule has 0 saturated carbocycles. The van der Waals surface area contributed by atoms with Crippen LogP contribution in [-0.4, -0.2) is 59.9 Å². The van der Waals surface area contributed by atoms with Gasteiger partial charge in [0.1, 0.15) is 5.75 Å². The lowest BCUT2D eigenvalue weighted by Crippen LogP contribution is -2.50. The lowest BCUT2D eigenvalue weighted by Gasteiger charge is -2.35. The Bertz CT molecular complexity index is 813. The number of nitrogens with zero attached hydrogens (tertiary/aromatic N) is 3. The van der Waals surface area contributed by atoms with E-state index in [9.17, 15) is 9.59 Å². The van der Waals surface area contributed by atoms with Crippen LogP contribution in [-0.2, 0) is 0 Å². The number of aromatic nitrogens is 1. The molecule has 3 rings (SSSR count). The highest BCUT2D eigenvalue weighted by Gasteiger charge is 2.26. The standard InChI is InChI=1S/C20H23N3O3/c1-14-12-18(26-3)15(2)11-17(14)20(25)23-9-7-22(8-10-23)19(24)16-5-4-6-21-13-16/h4-6,11-13H,7-10H2,1-3H3. The van der Waals surface area contributed by atoms with E-state index in [1.165, 1.54) is 0 Å². The Balaban J connectivity index is 1.67. The monoisotopic (exact) mass is 353 g/mol. The number of ether oxygens (including phenoxy) is 1. The fraction of sp³-hybridized carbons (Fsp3) is 0.350. The molecule has 0 radical (unpaired) electrons. The predicted octanol–water partition coefficient (Wildman–Crippen LogP) is 2.31. The summed E-state index contributed by atoms with van der Waals surface area (Å²) in [5, 5.41) is 0. The number of carbonyl (C=O) groups is 2. The minimum Gasteiger partial charge on any atom is -0.496 e. The number of aryl methyl sites for hydroxylation is 2. The summed E-state index contributed by atoms with van der Waals surface area (Å²) in [6.07, 6.45) is 3.22. The van der Waals surface area contributed by atoms with Crippen LogP contribution in [0.5, 0.6) is 5.75 Å². The van der Waals surface area contributed by atoms with Gasteiger partial charge in [-0.2, -0.15) is 0 Å². The number of carbonyl (C=O) groups excluding carboxylic acids is 2. The fourth-order valence-corrected chi connectivity index (χ4v) is 3.19. The van der Waals surface area contributed by atoms with Gasteiger partial charge in [-0.3, -0.25) is 14.6 Å². The van der Waals surface area contributed by atoms with E-state index in [2.05, 4.69) is 4.98 Å². The smallest absolute Gasteiger partial charge is 0.255 e. The van der Waals surface area contributed by atoms with E-state index in [0.29, 0.717) is 37.3 Å². The quantitative estimate of drug-likeness (QED) is 0.849. The van der Waals surface area contributed by atoms with Crippen molar-refractivity contribution in [1.29, 1.82) is 0 Å². The first-order valence-corrected chi connectivity index (χ1v) is 8.65. The summed E-state index contributed by atoms with van der Waals surface area (Å²) in [7, 11) is 1.63. The van der Waals surface area contributed by atoms with Crippen LogP contribution in [0.4, 0.5) is 0 Å². The van der Waals surface area contributed by atoms with Gasteiger partial charge in [-0.15, -0.1) is 0 Å². The maximum absolute atomic E-state index is 12.9.